The van der Waals surface area contributed by atoms with E-state index in [0.29, 0.717) is 5.56 Å². The molecule has 0 radical (unpaired) electrons. The molecule has 0 aliphatic heterocycles. The molecule has 0 spiro atoms. The minimum Gasteiger partial charge on any atom is -0.465 e. The van der Waals surface area contributed by atoms with Crippen LogP contribution in [0.2, 0.25) is 0 Å². The Labute approximate surface area is 98.6 Å². The molecular formula is C12H11BO4. The van der Waals surface area contributed by atoms with E-state index < -0.39 is 13.1 Å². The molecule has 5 heteroatoms. The largest absolute Gasteiger partial charge is 0.488 e. The quantitative estimate of drug-likeness (QED) is 0.575. The molecule has 0 aliphatic rings. The van der Waals surface area contributed by atoms with Gasteiger partial charge >= 0.3 is 13.1 Å². The van der Waals surface area contributed by atoms with Gasteiger partial charge < -0.3 is 14.8 Å². The summed E-state index contributed by atoms with van der Waals surface area (Å²) < 4.78 is 4.68. The maximum Gasteiger partial charge on any atom is 0.488 e. The summed E-state index contributed by atoms with van der Waals surface area (Å²) in [4.78, 5) is 11.6. The van der Waals surface area contributed by atoms with Crippen molar-refractivity contribution in [3.8, 4) is 0 Å². The van der Waals surface area contributed by atoms with Crippen molar-refractivity contribution < 1.29 is 19.6 Å². The van der Waals surface area contributed by atoms with E-state index >= 15 is 0 Å². The average molecular weight is 230 g/mol. The molecule has 2 aromatic carbocycles. The van der Waals surface area contributed by atoms with Gasteiger partial charge in [-0.3, -0.25) is 0 Å². The molecule has 0 heterocycles. The molecule has 0 saturated carbocycles. The number of carbonyl (C=O) groups excluding carboxylic acids is 1. The number of hydrogen-bond donors (Lipinski definition) is 2. The van der Waals surface area contributed by atoms with Crippen LogP contribution in [0.5, 0.6) is 0 Å². The van der Waals surface area contributed by atoms with Crippen molar-refractivity contribution in [2.45, 2.75) is 0 Å². The Hall–Kier alpha value is -1.85. The molecule has 86 valence electrons. The molecule has 0 aliphatic carbocycles. The van der Waals surface area contributed by atoms with Crippen LogP contribution in [0.1, 0.15) is 10.4 Å². The summed E-state index contributed by atoms with van der Waals surface area (Å²) in [6, 6.07) is 10.3. The summed E-state index contributed by atoms with van der Waals surface area (Å²) in [6.45, 7) is 0. The van der Waals surface area contributed by atoms with Crippen LogP contribution in [0.25, 0.3) is 10.8 Å². The molecular weight excluding hydrogens is 219 g/mol. The van der Waals surface area contributed by atoms with Gasteiger partial charge in [0.1, 0.15) is 0 Å². The summed E-state index contributed by atoms with van der Waals surface area (Å²) in [7, 11) is -0.317. The van der Waals surface area contributed by atoms with Crippen LogP contribution in [0, 0.1) is 0 Å². The van der Waals surface area contributed by atoms with Gasteiger partial charge in [0.05, 0.1) is 12.7 Å². The standard InChI is InChI=1S/C12H11BO4/c1-17-12(14)11-7-9(13(15)16)6-8-4-2-3-5-10(8)11/h2-7,15-16H,1H3. The highest BCUT2D eigenvalue weighted by molar-refractivity contribution is 6.59. The van der Waals surface area contributed by atoms with Crippen molar-refractivity contribution >= 4 is 29.3 Å². The fraction of sp³-hybridized carbons (Fsp3) is 0.0833. The van der Waals surface area contributed by atoms with Crippen LogP contribution in [0.15, 0.2) is 36.4 Å². The highest BCUT2D eigenvalue weighted by Crippen LogP contribution is 2.18. The molecule has 4 nitrogen and oxygen atoms in total. The molecule has 0 fully saturated rings. The molecule has 0 unspecified atom stereocenters. The van der Waals surface area contributed by atoms with Crippen LogP contribution >= 0.6 is 0 Å². The van der Waals surface area contributed by atoms with E-state index in [9.17, 15) is 4.79 Å². The minimum atomic E-state index is -1.61. The predicted octanol–water partition coefficient (Wildman–Crippen LogP) is 0.306. The summed E-state index contributed by atoms with van der Waals surface area (Å²) >= 11 is 0. The van der Waals surface area contributed by atoms with Gasteiger partial charge in [-0.15, -0.1) is 0 Å². The second kappa shape index (κ2) is 4.57. The van der Waals surface area contributed by atoms with Crippen molar-refractivity contribution in [2.24, 2.45) is 0 Å². The Morgan fingerprint density at radius 1 is 1.24 bits per heavy atom. The minimum absolute atomic E-state index is 0.268. The highest BCUT2D eigenvalue weighted by Gasteiger charge is 2.17. The Kier molecular flexibility index (Phi) is 3.13. The highest BCUT2D eigenvalue weighted by atomic mass is 16.5. The van der Waals surface area contributed by atoms with Gasteiger partial charge in [-0.05, 0) is 22.3 Å². The molecule has 17 heavy (non-hydrogen) atoms. The van der Waals surface area contributed by atoms with Gasteiger partial charge in [0.15, 0.2) is 0 Å². The van der Waals surface area contributed by atoms with Gasteiger partial charge in [-0.1, -0.05) is 30.3 Å². The van der Waals surface area contributed by atoms with Crippen LogP contribution in [-0.4, -0.2) is 30.2 Å². The fourth-order valence-electron chi connectivity index (χ4n) is 1.76. The molecule has 2 aromatic rings. The third-order valence-electron chi connectivity index (χ3n) is 2.59. The smallest absolute Gasteiger partial charge is 0.465 e. The monoisotopic (exact) mass is 230 g/mol. The van der Waals surface area contributed by atoms with Crippen LogP contribution in [0.3, 0.4) is 0 Å². The summed E-state index contributed by atoms with van der Waals surface area (Å²) in [5.74, 6) is -0.497. The molecule has 0 bridgehead atoms. The zero-order valence-electron chi connectivity index (χ0n) is 9.25. The molecule has 2 rings (SSSR count). The molecule has 0 saturated heterocycles. The van der Waals surface area contributed by atoms with Crippen molar-refractivity contribution in [3.63, 3.8) is 0 Å². The lowest BCUT2D eigenvalue weighted by Crippen LogP contribution is -2.30. The third kappa shape index (κ3) is 2.15. The second-order valence-corrected chi connectivity index (χ2v) is 3.65. The molecule has 2 N–H and O–H groups in total. The summed E-state index contributed by atoms with van der Waals surface area (Å²) in [5.41, 5.74) is 0.595. The Morgan fingerprint density at radius 2 is 1.94 bits per heavy atom. The maximum absolute atomic E-state index is 11.6. The third-order valence-corrected chi connectivity index (χ3v) is 2.59. The van der Waals surface area contributed by atoms with Crippen molar-refractivity contribution in [1.29, 1.82) is 0 Å². The van der Waals surface area contributed by atoms with Crippen molar-refractivity contribution in [3.05, 3.63) is 42.0 Å². The van der Waals surface area contributed by atoms with E-state index in [0.717, 1.165) is 10.8 Å². The lowest BCUT2D eigenvalue weighted by molar-refractivity contribution is 0.0603. The summed E-state index contributed by atoms with van der Waals surface area (Å²) in [6.07, 6.45) is 0. The van der Waals surface area contributed by atoms with E-state index in [1.54, 1.807) is 18.2 Å². The number of hydrogen-bond acceptors (Lipinski definition) is 4. The van der Waals surface area contributed by atoms with Crippen molar-refractivity contribution in [1.82, 2.24) is 0 Å². The first kappa shape index (κ1) is 11.6. The van der Waals surface area contributed by atoms with Gasteiger partial charge in [0.2, 0.25) is 0 Å². The van der Waals surface area contributed by atoms with Crippen LogP contribution in [-0.2, 0) is 4.74 Å². The van der Waals surface area contributed by atoms with Crippen LogP contribution in [0.4, 0.5) is 0 Å². The average Bonchev–Trinajstić information content (AvgIpc) is 2.36. The first-order chi connectivity index (χ1) is 8.13. The van der Waals surface area contributed by atoms with Crippen LogP contribution < -0.4 is 5.46 Å². The van der Waals surface area contributed by atoms with Gasteiger partial charge in [0.25, 0.3) is 0 Å². The number of methoxy groups -OCH3 is 1. The number of carbonyl (C=O) groups is 1. The normalized spacial score (nSPS) is 10.3. The number of fused-ring (bicyclic) bond motifs is 1. The maximum atomic E-state index is 11.6. The van der Waals surface area contributed by atoms with E-state index in [1.165, 1.54) is 13.2 Å². The van der Waals surface area contributed by atoms with E-state index in [4.69, 9.17) is 10.0 Å². The predicted molar refractivity (Wildman–Crippen MR) is 65.1 cm³/mol. The Bertz CT molecular complexity index is 565. The summed E-state index contributed by atoms with van der Waals surface area (Å²) in [5, 5.41) is 19.8. The first-order valence-electron chi connectivity index (χ1n) is 5.10. The zero-order chi connectivity index (χ0) is 12.4. The first-order valence-corrected chi connectivity index (χ1v) is 5.10. The SMILES string of the molecule is COC(=O)c1cc(B(O)O)cc2ccccc12. The fourth-order valence-corrected chi connectivity index (χ4v) is 1.76. The molecule has 0 aromatic heterocycles. The van der Waals surface area contributed by atoms with Crippen molar-refractivity contribution in [2.75, 3.05) is 7.11 Å². The topological polar surface area (TPSA) is 66.8 Å². The number of esters is 1. The lowest BCUT2D eigenvalue weighted by Gasteiger charge is -2.08. The molecule has 0 atom stereocenters. The van der Waals surface area contributed by atoms with Gasteiger partial charge in [0, 0.05) is 0 Å². The number of ether oxygens (including phenoxy) is 1. The van der Waals surface area contributed by atoms with E-state index in [-0.39, 0.29) is 5.46 Å². The number of rotatable bonds is 2. The van der Waals surface area contributed by atoms with E-state index in [2.05, 4.69) is 4.74 Å². The van der Waals surface area contributed by atoms with Gasteiger partial charge in [-0.2, -0.15) is 0 Å². The Morgan fingerprint density at radius 3 is 2.59 bits per heavy atom. The Balaban J connectivity index is 2.73. The second-order valence-electron chi connectivity index (χ2n) is 3.65. The molecule has 0 amide bonds. The zero-order valence-corrected chi connectivity index (χ0v) is 9.25. The van der Waals surface area contributed by atoms with E-state index in [1.807, 2.05) is 12.1 Å². The van der Waals surface area contributed by atoms with Gasteiger partial charge in [-0.25, -0.2) is 4.79 Å². The lowest BCUT2D eigenvalue weighted by atomic mass is 9.78. The number of benzene rings is 2.